The monoisotopic (exact) mass is 576 g/mol. The lowest BCUT2D eigenvalue weighted by atomic mass is 9.68. The maximum atomic E-state index is 13.8. The molecule has 2 aromatic carbocycles. The second kappa shape index (κ2) is 9.62. The van der Waals surface area contributed by atoms with Gasteiger partial charge in [-0.25, -0.2) is 4.79 Å². The smallest absolute Gasteiger partial charge is 0.329 e. The highest BCUT2D eigenvalue weighted by Crippen LogP contribution is 2.68. The fraction of sp³-hybridized carbons (Fsp3) is 0.400. The molecule has 2 aliphatic heterocycles. The number of H-pyrrole nitrogens is 1. The van der Waals surface area contributed by atoms with Crippen molar-refractivity contribution < 1.29 is 23.9 Å². The molecule has 4 aliphatic rings. The summed E-state index contributed by atoms with van der Waals surface area (Å²) in [5, 5.41) is 0.926. The first-order chi connectivity index (χ1) is 19.4. The maximum Gasteiger partial charge on any atom is 0.329 e. The Morgan fingerprint density at radius 2 is 1.75 bits per heavy atom. The zero-order valence-electron chi connectivity index (χ0n) is 21.9. The van der Waals surface area contributed by atoms with Crippen LogP contribution in [0.2, 0.25) is 0 Å². The Morgan fingerprint density at radius 3 is 2.50 bits per heavy atom. The molecule has 2 amide bonds. The van der Waals surface area contributed by atoms with E-state index in [9.17, 15) is 19.2 Å². The van der Waals surface area contributed by atoms with Gasteiger partial charge in [-0.3, -0.25) is 19.3 Å². The SMILES string of the molecule is CCOC(=O)C(C)N1C(=O)C2C3CC(C2C1=O)C1C(c2cccc(Oc4ccccc4)c2)c2sc(=O)[nH]c2SC31. The van der Waals surface area contributed by atoms with Gasteiger partial charge in [0.2, 0.25) is 11.8 Å². The van der Waals surface area contributed by atoms with Gasteiger partial charge in [0.25, 0.3) is 0 Å². The van der Waals surface area contributed by atoms with Crippen molar-refractivity contribution in [2.75, 3.05) is 6.61 Å². The second-order valence-electron chi connectivity index (χ2n) is 10.9. The zero-order chi connectivity index (χ0) is 27.7. The summed E-state index contributed by atoms with van der Waals surface area (Å²) in [5.74, 6) is -0.638. The molecule has 8 nitrogen and oxygen atoms in total. The van der Waals surface area contributed by atoms with Crippen LogP contribution < -0.4 is 9.61 Å². The molecule has 1 aromatic heterocycles. The minimum Gasteiger partial charge on any atom is -0.464 e. The summed E-state index contributed by atoms with van der Waals surface area (Å²) in [6, 6.07) is 16.6. The highest BCUT2D eigenvalue weighted by molar-refractivity contribution is 8.00. The second-order valence-corrected chi connectivity index (χ2v) is 13.1. The van der Waals surface area contributed by atoms with Crippen molar-refractivity contribution >= 4 is 40.9 Å². The number of imide groups is 1. The Hall–Kier alpha value is -3.37. The van der Waals surface area contributed by atoms with E-state index in [2.05, 4.69) is 11.1 Å². The van der Waals surface area contributed by atoms with Crippen LogP contribution >= 0.6 is 23.1 Å². The Balaban J connectivity index is 1.26. The quantitative estimate of drug-likeness (QED) is 0.336. The van der Waals surface area contributed by atoms with Crippen molar-refractivity contribution in [2.45, 2.75) is 42.5 Å². The third kappa shape index (κ3) is 3.79. The molecule has 8 unspecified atom stereocenters. The lowest BCUT2D eigenvalue weighted by molar-refractivity contribution is -0.158. The van der Waals surface area contributed by atoms with E-state index in [1.165, 1.54) is 11.3 Å². The van der Waals surface area contributed by atoms with Crippen LogP contribution in [0.3, 0.4) is 0 Å². The number of hydrogen-bond donors (Lipinski definition) is 1. The minimum atomic E-state index is -0.944. The van der Waals surface area contributed by atoms with E-state index in [-0.39, 0.29) is 52.2 Å². The van der Waals surface area contributed by atoms with Crippen molar-refractivity contribution in [1.29, 1.82) is 0 Å². The van der Waals surface area contributed by atoms with E-state index < -0.39 is 23.8 Å². The number of amides is 2. The summed E-state index contributed by atoms with van der Waals surface area (Å²) < 4.78 is 11.3. The molecule has 0 radical (unpaired) electrons. The summed E-state index contributed by atoms with van der Waals surface area (Å²) in [5.41, 5.74) is 1.03. The number of carbonyl (C=O) groups is 3. The molecule has 3 fully saturated rings. The van der Waals surface area contributed by atoms with Crippen LogP contribution in [-0.2, 0) is 19.1 Å². The van der Waals surface area contributed by atoms with Crippen LogP contribution in [0.25, 0.3) is 0 Å². The number of aromatic nitrogens is 1. The zero-order valence-corrected chi connectivity index (χ0v) is 23.6. The number of esters is 1. The number of hydrogen-bond acceptors (Lipinski definition) is 8. The Labute approximate surface area is 239 Å². The first-order valence-electron chi connectivity index (χ1n) is 13.6. The minimum absolute atomic E-state index is 0.0105. The van der Waals surface area contributed by atoms with E-state index in [1.54, 1.807) is 25.6 Å². The molecule has 3 heterocycles. The molecule has 3 aromatic rings. The number of carbonyl (C=O) groups excluding carboxylic acids is 3. The Morgan fingerprint density at radius 1 is 1.02 bits per heavy atom. The largest absolute Gasteiger partial charge is 0.464 e. The lowest BCUT2D eigenvalue weighted by Crippen LogP contribution is -2.45. The number of thiazole rings is 1. The van der Waals surface area contributed by atoms with Crippen molar-refractivity contribution in [3.05, 3.63) is 74.7 Å². The Bertz CT molecular complexity index is 1570. The van der Waals surface area contributed by atoms with Gasteiger partial charge in [0.15, 0.2) is 0 Å². The number of nitrogens with zero attached hydrogens (tertiary/aromatic N) is 1. The lowest BCUT2D eigenvalue weighted by Gasteiger charge is -2.43. The van der Waals surface area contributed by atoms with Gasteiger partial charge in [-0.1, -0.05) is 41.7 Å². The van der Waals surface area contributed by atoms with E-state index >= 15 is 0 Å². The van der Waals surface area contributed by atoms with Crippen LogP contribution in [0, 0.1) is 29.6 Å². The number of thioether (sulfide) groups is 1. The molecule has 40 heavy (non-hydrogen) atoms. The topological polar surface area (TPSA) is 106 Å². The number of aromatic amines is 1. The standard InChI is InChI=1S/C30H28N2O6S2/c1-3-37-29(35)14(2)32-27(33)22-18-13-19(23(22)28(32)34)24-21(18)20(25-26(39-24)31-30(36)40-25)15-8-7-11-17(12-15)38-16-9-5-4-6-10-16/h4-12,14,18-24H,3,13H2,1-2H3,(H,31,36). The predicted molar refractivity (Wildman–Crippen MR) is 149 cm³/mol. The van der Waals surface area contributed by atoms with E-state index in [0.29, 0.717) is 5.75 Å². The van der Waals surface area contributed by atoms with Crippen LogP contribution in [0.15, 0.2) is 64.4 Å². The van der Waals surface area contributed by atoms with Gasteiger partial charge in [-0.2, -0.15) is 0 Å². The van der Waals surface area contributed by atoms with Gasteiger partial charge in [-0.05, 0) is 67.9 Å². The van der Waals surface area contributed by atoms with E-state index in [1.807, 2.05) is 48.5 Å². The fourth-order valence-electron chi connectivity index (χ4n) is 7.56. The number of rotatable bonds is 6. The average Bonchev–Trinajstić information content (AvgIpc) is 3.68. The average molecular weight is 577 g/mol. The van der Waals surface area contributed by atoms with Gasteiger partial charge in [-0.15, -0.1) is 11.8 Å². The van der Waals surface area contributed by atoms with Crippen molar-refractivity contribution in [3.8, 4) is 11.5 Å². The van der Waals surface area contributed by atoms with Crippen LogP contribution in [-0.4, -0.2) is 45.6 Å². The van der Waals surface area contributed by atoms with Gasteiger partial charge in [0, 0.05) is 16.0 Å². The normalized spacial score (nSPS) is 30.6. The molecule has 7 rings (SSSR count). The fourth-order valence-corrected chi connectivity index (χ4v) is 10.4. The van der Waals surface area contributed by atoms with Crippen LogP contribution in [0.4, 0.5) is 0 Å². The number of benzene rings is 2. The first-order valence-corrected chi connectivity index (χ1v) is 15.3. The molecule has 0 spiro atoms. The number of para-hydroxylation sites is 1. The molecule has 2 bridgehead atoms. The summed E-state index contributed by atoms with van der Waals surface area (Å²) in [4.78, 5) is 57.5. The van der Waals surface area contributed by atoms with Crippen LogP contribution in [0.5, 0.6) is 11.5 Å². The van der Waals surface area contributed by atoms with Gasteiger partial charge in [0.1, 0.15) is 17.5 Å². The highest BCUT2D eigenvalue weighted by Gasteiger charge is 2.70. The number of likely N-dealkylation sites (tertiary alicyclic amines) is 1. The van der Waals surface area contributed by atoms with Crippen molar-refractivity contribution in [3.63, 3.8) is 0 Å². The van der Waals surface area contributed by atoms with Gasteiger partial charge >= 0.3 is 10.8 Å². The maximum absolute atomic E-state index is 13.8. The predicted octanol–water partition coefficient (Wildman–Crippen LogP) is 4.65. The number of ether oxygens (including phenoxy) is 2. The molecule has 206 valence electrons. The summed E-state index contributed by atoms with van der Waals surface area (Å²) in [6.07, 6.45) is 0.784. The summed E-state index contributed by atoms with van der Waals surface area (Å²) >= 11 is 2.87. The number of nitrogens with one attached hydrogen (secondary N) is 1. The molecular formula is C30H28N2O6S2. The number of fused-ring (bicyclic) bond motifs is 9. The molecule has 2 saturated carbocycles. The summed E-state index contributed by atoms with van der Waals surface area (Å²) in [6.45, 7) is 3.47. The summed E-state index contributed by atoms with van der Waals surface area (Å²) in [7, 11) is 0. The van der Waals surface area contributed by atoms with Crippen molar-refractivity contribution in [1.82, 2.24) is 9.88 Å². The van der Waals surface area contributed by atoms with Gasteiger partial charge < -0.3 is 14.5 Å². The molecule has 10 heteroatoms. The van der Waals surface area contributed by atoms with Gasteiger partial charge in [0.05, 0.1) is 23.5 Å². The molecule has 8 atom stereocenters. The Kier molecular flexibility index (Phi) is 6.16. The third-order valence-corrected chi connectivity index (χ3v) is 11.6. The third-order valence-electron chi connectivity index (χ3n) is 8.97. The first kappa shape index (κ1) is 25.6. The van der Waals surface area contributed by atoms with Crippen LogP contribution in [0.1, 0.15) is 36.6 Å². The van der Waals surface area contributed by atoms with E-state index in [0.717, 1.165) is 32.5 Å². The highest BCUT2D eigenvalue weighted by atomic mass is 32.2. The molecule has 2 aliphatic carbocycles. The molecule has 1 N–H and O–H groups in total. The molecule has 1 saturated heterocycles. The molecular weight excluding hydrogens is 548 g/mol. The van der Waals surface area contributed by atoms with Crippen molar-refractivity contribution in [2.24, 2.45) is 29.6 Å². The van der Waals surface area contributed by atoms with E-state index in [4.69, 9.17) is 9.47 Å².